The van der Waals surface area contributed by atoms with E-state index in [0.717, 1.165) is 23.1 Å². The van der Waals surface area contributed by atoms with Crippen LogP contribution in [-0.2, 0) is 41.5 Å². The van der Waals surface area contributed by atoms with Crippen molar-refractivity contribution in [1.82, 2.24) is 0 Å². The molecule has 0 fully saturated rings. The molecule has 2 aliphatic heterocycles. The molecule has 0 radical (unpaired) electrons. The number of halogens is 1. The van der Waals surface area contributed by atoms with E-state index in [2.05, 4.69) is 10.7 Å². The Bertz CT molecular complexity index is 1460. The molecule has 216 valence electrons. The van der Waals surface area contributed by atoms with Crippen molar-refractivity contribution in [2.45, 2.75) is 58.7 Å². The van der Waals surface area contributed by atoms with Crippen LogP contribution in [-0.4, -0.2) is 58.7 Å². The maximum Gasteiger partial charge on any atom is 0.232 e. The second kappa shape index (κ2) is 11.7. The van der Waals surface area contributed by atoms with Crippen molar-refractivity contribution in [3.8, 4) is 11.5 Å². The third kappa shape index (κ3) is 9.11. The molecule has 0 amide bonds. The SMILES string of the molecule is CC1(C)Oc2cc(N)ccc2CC1=O.CCN(c1ccc2c(c1)OC(C)(C)C(=O)C2)S(C)(=O)=O.CS(=O)(=O)Cl. The predicted molar refractivity (Wildman–Crippen MR) is 153 cm³/mol. The first-order valence-corrected chi connectivity index (χ1v) is 16.5. The van der Waals surface area contributed by atoms with E-state index in [-0.39, 0.29) is 11.6 Å². The third-order valence-electron chi connectivity index (χ3n) is 5.89. The number of sulfonamides is 1. The van der Waals surface area contributed by atoms with Crippen LogP contribution in [0, 0.1) is 0 Å². The maximum atomic E-state index is 11.9. The molecule has 2 heterocycles. The molecule has 2 aliphatic rings. The van der Waals surface area contributed by atoms with Gasteiger partial charge in [-0.1, -0.05) is 12.1 Å². The number of hydrogen-bond donors (Lipinski definition) is 1. The second-order valence-corrected chi connectivity index (χ2v) is 15.1. The molecule has 13 heteroatoms. The lowest BCUT2D eigenvalue weighted by atomic mass is 9.93. The van der Waals surface area contributed by atoms with Crippen LogP contribution in [0.1, 0.15) is 45.7 Å². The van der Waals surface area contributed by atoms with Crippen molar-refractivity contribution in [2.24, 2.45) is 0 Å². The highest BCUT2D eigenvalue weighted by atomic mass is 35.7. The van der Waals surface area contributed by atoms with Gasteiger partial charge in [-0.3, -0.25) is 13.9 Å². The number of hydrogen-bond acceptors (Lipinski definition) is 9. The second-order valence-electron chi connectivity index (χ2n) is 10.2. The molecule has 2 aromatic carbocycles. The van der Waals surface area contributed by atoms with Crippen LogP contribution >= 0.6 is 10.7 Å². The van der Waals surface area contributed by atoms with E-state index in [1.54, 1.807) is 65.0 Å². The molecule has 10 nitrogen and oxygen atoms in total. The van der Waals surface area contributed by atoms with Gasteiger partial charge < -0.3 is 15.2 Å². The highest BCUT2D eigenvalue weighted by Crippen LogP contribution is 2.35. The fraction of sp³-hybridized carbons (Fsp3) is 0.462. The Kier molecular flexibility index (Phi) is 9.74. The summed E-state index contributed by atoms with van der Waals surface area (Å²) < 4.78 is 54.9. The summed E-state index contributed by atoms with van der Waals surface area (Å²) in [4.78, 5) is 23.5. The number of rotatable bonds is 3. The number of carbonyl (C=O) groups excluding carboxylic acids is 2. The zero-order chi connectivity index (χ0) is 30.0. The summed E-state index contributed by atoms with van der Waals surface area (Å²) in [5.41, 5.74) is 6.98. The molecule has 0 saturated carbocycles. The molecule has 0 atom stereocenters. The highest BCUT2D eigenvalue weighted by Gasteiger charge is 2.36. The number of Topliss-reactive ketones (excluding diaryl/α,β-unsaturated/α-hetero) is 2. The molecule has 0 aromatic heterocycles. The quantitative estimate of drug-likeness (QED) is 0.411. The lowest BCUT2D eigenvalue weighted by molar-refractivity contribution is -0.133. The topological polar surface area (TPSA) is 150 Å². The van der Waals surface area contributed by atoms with Crippen LogP contribution in [0.4, 0.5) is 11.4 Å². The molecule has 0 saturated heterocycles. The van der Waals surface area contributed by atoms with Gasteiger partial charge in [-0.2, -0.15) is 0 Å². The minimum absolute atomic E-state index is 0.0215. The third-order valence-corrected chi connectivity index (χ3v) is 7.16. The summed E-state index contributed by atoms with van der Waals surface area (Å²) in [6.45, 7) is 9.12. The summed E-state index contributed by atoms with van der Waals surface area (Å²) >= 11 is 0. The summed E-state index contributed by atoms with van der Waals surface area (Å²) in [6, 6.07) is 10.5. The number of ether oxygens (including phenoxy) is 2. The Morgan fingerprint density at radius 3 is 1.67 bits per heavy atom. The molecular weight excluding hydrogens is 568 g/mol. The smallest absolute Gasteiger partial charge is 0.232 e. The number of nitrogens with zero attached hydrogens (tertiary/aromatic N) is 1. The van der Waals surface area contributed by atoms with E-state index in [1.165, 1.54) is 10.6 Å². The minimum atomic E-state index is -3.32. The first kappa shape index (κ1) is 32.4. The molecule has 0 aliphatic carbocycles. The molecular formula is C26H35ClN2O8S2. The van der Waals surface area contributed by atoms with Crippen molar-refractivity contribution < 1.29 is 35.9 Å². The van der Waals surface area contributed by atoms with Gasteiger partial charge in [0.1, 0.15) is 11.5 Å². The number of ketones is 2. The van der Waals surface area contributed by atoms with Gasteiger partial charge in [-0.25, -0.2) is 16.8 Å². The molecule has 2 N–H and O–H groups in total. The highest BCUT2D eigenvalue weighted by molar-refractivity contribution is 8.13. The van der Waals surface area contributed by atoms with Crippen LogP contribution in [0.3, 0.4) is 0 Å². The first-order valence-electron chi connectivity index (χ1n) is 12.0. The Hall–Kier alpha value is -2.83. The maximum absolute atomic E-state index is 11.9. The summed E-state index contributed by atoms with van der Waals surface area (Å²) in [6.07, 6.45) is 2.84. The van der Waals surface area contributed by atoms with E-state index in [1.807, 2.05) is 6.07 Å². The largest absolute Gasteiger partial charge is 0.480 e. The number of benzene rings is 2. The van der Waals surface area contributed by atoms with Gasteiger partial charge in [0.15, 0.2) is 22.8 Å². The van der Waals surface area contributed by atoms with Crippen LogP contribution in [0.2, 0.25) is 0 Å². The fourth-order valence-electron chi connectivity index (χ4n) is 3.80. The molecule has 0 spiro atoms. The van der Waals surface area contributed by atoms with Crippen LogP contribution < -0.4 is 19.5 Å². The summed E-state index contributed by atoms with van der Waals surface area (Å²) in [5.74, 6) is 1.44. The van der Waals surface area contributed by atoms with Gasteiger partial charge in [0, 0.05) is 59.0 Å². The Balaban J connectivity index is 0.000000243. The van der Waals surface area contributed by atoms with Gasteiger partial charge >= 0.3 is 0 Å². The Morgan fingerprint density at radius 1 is 0.846 bits per heavy atom. The van der Waals surface area contributed by atoms with Gasteiger partial charge in [0.05, 0.1) is 18.2 Å². The molecule has 2 aromatic rings. The first-order chi connectivity index (χ1) is 17.6. The monoisotopic (exact) mass is 602 g/mol. The Labute approximate surface area is 234 Å². The van der Waals surface area contributed by atoms with E-state index in [4.69, 9.17) is 15.2 Å². The minimum Gasteiger partial charge on any atom is -0.480 e. The predicted octanol–water partition coefficient (Wildman–Crippen LogP) is 3.49. The van der Waals surface area contributed by atoms with E-state index in [9.17, 15) is 26.4 Å². The van der Waals surface area contributed by atoms with Crippen molar-refractivity contribution in [3.05, 3.63) is 47.5 Å². The number of anilines is 2. The number of nitrogen functional groups attached to an aromatic ring is 1. The van der Waals surface area contributed by atoms with E-state index >= 15 is 0 Å². The van der Waals surface area contributed by atoms with Crippen molar-refractivity contribution in [2.75, 3.05) is 29.1 Å². The fourth-order valence-corrected chi connectivity index (χ4v) is 4.76. The number of nitrogens with two attached hydrogens (primary N) is 1. The standard InChI is InChI=1S/C14H19NO4S.C11H13NO2.CH3ClO2S/c1-5-15(20(4,17)18)11-7-6-10-8-13(16)14(2,3)19-12(10)9-11;1-11(2)10(13)5-7-3-4-8(12)6-9(7)14-11;1-5(2,3)4/h6-7,9H,5,8H2,1-4H3;3-4,6H,5,12H2,1-2H3;1H3. The lowest BCUT2D eigenvalue weighted by Crippen LogP contribution is -2.42. The Morgan fingerprint density at radius 2 is 1.26 bits per heavy atom. The normalized spacial score (nSPS) is 17.0. The van der Waals surface area contributed by atoms with Gasteiger partial charge in [-0.15, -0.1) is 0 Å². The molecule has 0 unspecified atom stereocenters. The summed E-state index contributed by atoms with van der Waals surface area (Å²) in [5, 5.41) is 0. The van der Waals surface area contributed by atoms with Gasteiger partial charge in [0.25, 0.3) is 0 Å². The lowest BCUT2D eigenvalue weighted by Gasteiger charge is -2.32. The van der Waals surface area contributed by atoms with Crippen molar-refractivity contribution in [3.63, 3.8) is 0 Å². The van der Waals surface area contributed by atoms with Gasteiger partial charge in [-0.05, 0) is 46.8 Å². The molecule has 0 bridgehead atoms. The molecule has 4 rings (SSSR count). The van der Waals surface area contributed by atoms with E-state index < -0.39 is 30.3 Å². The van der Waals surface area contributed by atoms with Crippen LogP contribution in [0.15, 0.2) is 36.4 Å². The molecule has 39 heavy (non-hydrogen) atoms. The van der Waals surface area contributed by atoms with Crippen LogP contribution in [0.5, 0.6) is 11.5 Å². The van der Waals surface area contributed by atoms with Gasteiger partial charge in [0.2, 0.25) is 19.1 Å². The van der Waals surface area contributed by atoms with Crippen molar-refractivity contribution >= 4 is 52.7 Å². The average Bonchev–Trinajstić information content (AvgIpc) is 2.74. The average molecular weight is 603 g/mol. The summed E-state index contributed by atoms with van der Waals surface area (Å²) in [7, 11) is -2.02. The van der Waals surface area contributed by atoms with E-state index in [0.29, 0.717) is 36.5 Å². The van der Waals surface area contributed by atoms with Crippen LogP contribution in [0.25, 0.3) is 0 Å². The number of fused-ring (bicyclic) bond motifs is 2. The zero-order valence-corrected chi connectivity index (χ0v) is 25.5. The number of carbonyl (C=O) groups is 2. The zero-order valence-electron chi connectivity index (χ0n) is 23.1. The van der Waals surface area contributed by atoms with Crippen molar-refractivity contribution in [1.29, 1.82) is 0 Å².